The lowest BCUT2D eigenvalue weighted by Gasteiger charge is -2.42. The van der Waals surface area contributed by atoms with E-state index in [1.807, 2.05) is 5.92 Å². The maximum Gasteiger partial charge on any atom is 0.424 e. The summed E-state index contributed by atoms with van der Waals surface area (Å²) in [5.74, 6) is 2.99. The van der Waals surface area contributed by atoms with Crippen LogP contribution in [0.25, 0.3) is 0 Å². The summed E-state index contributed by atoms with van der Waals surface area (Å²) in [6, 6.07) is 0. The lowest BCUT2D eigenvalue weighted by atomic mass is 9.65. The first-order chi connectivity index (χ1) is 11.8. The summed E-state index contributed by atoms with van der Waals surface area (Å²) < 4.78 is 43.6. The standard InChI is InChI=1S/C17H20F3NO3.CH4O/c1-5-24-14(22)9-12(17(18,19)20)6-7-16(23)11(2)8-13(21)10-15(16,3)4;1-2/h8-9,21,23H,5,10H2,1-4H3;2H,1H3/b12-9+,21-13?;. The number of ether oxygens (including phenoxy) is 1. The molecule has 0 saturated heterocycles. The molecule has 0 aromatic heterocycles. The molecule has 3 N–H and O–H groups in total. The van der Waals surface area contributed by atoms with Gasteiger partial charge in [0.1, 0.15) is 5.57 Å². The molecule has 26 heavy (non-hydrogen) atoms. The predicted molar refractivity (Wildman–Crippen MR) is 91.5 cm³/mol. The van der Waals surface area contributed by atoms with E-state index in [0.717, 1.165) is 7.11 Å². The van der Waals surface area contributed by atoms with Crippen LogP contribution in [0.15, 0.2) is 23.3 Å². The fraction of sp³-hybridized carbons (Fsp3) is 0.556. The Labute approximate surface area is 151 Å². The van der Waals surface area contributed by atoms with Crippen molar-refractivity contribution in [3.63, 3.8) is 0 Å². The molecule has 1 atom stereocenters. The fourth-order valence-corrected chi connectivity index (χ4v) is 2.47. The highest BCUT2D eigenvalue weighted by Gasteiger charge is 2.47. The molecule has 1 unspecified atom stereocenters. The Morgan fingerprint density at radius 2 is 1.96 bits per heavy atom. The molecule has 0 aromatic rings. The number of rotatable bonds is 2. The number of aliphatic hydroxyl groups excluding tert-OH is 1. The van der Waals surface area contributed by atoms with Crippen LogP contribution in [-0.2, 0) is 9.53 Å². The molecule has 146 valence electrons. The van der Waals surface area contributed by atoms with Crippen molar-refractivity contribution >= 4 is 11.7 Å². The Hall–Kier alpha value is -2.11. The molecule has 0 saturated carbocycles. The third kappa shape index (κ3) is 5.71. The molecule has 0 aromatic carbocycles. The SMILES string of the molecule is CCOC(=O)/C=C(\C#CC1(O)C(C)=CC(=N)CC1(C)C)C(F)(F)F.CO. The Balaban J connectivity index is 0.00000301. The van der Waals surface area contributed by atoms with Crippen LogP contribution in [0.3, 0.4) is 0 Å². The van der Waals surface area contributed by atoms with E-state index in [2.05, 4.69) is 10.7 Å². The molecule has 0 heterocycles. The van der Waals surface area contributed by atoms with Gasteiger partial charge in [0, 0.05) is 24.3 Å². The quantitative estimate of drug-likeness (QED) is 0.393. The largest absolute Gasteiger partial charge is 0.463 e. The van der Waals surface area contributed by atoms with Crippen molar-refractivity contribution in [1.82, 2.24) is 0 Å². The van der Waals surface area contributed by atoms with Crippen LogP contribution in [0.5, 0.6) is 0 Å². The predicted octanol–water partition coefficient (Wildman–Crippen LogP) is 2.78. The third-order valence-corrected chi connectivity index (χ3v) is 3.81. The molecule has 0 aliphatic heterocycles. The number of nitrogens with one attached hydrogen (secondary N) is 1. The molecular formula is C18H24F3NO4. The van der Waals surface area contributed by atoms with E-state index in [-0.39, 0.29) is 30.4 Å². The van der Waals surface area contributed by atoms with Gasteiger partial charge in [-0.05, 0) is 31.9 Å². The second-order valence-electron chi connectivity index (χ2n) is 6.18. The highest BCUT2D eigenvalue weighted by atomic mass is 19.4. The Morgan fingerprint density at radius 3 is 2.38 bits per heavy atom. The number of aliphatic hydroxyl groups is 2. The summed E-state index contributed by atoms with van der Waals surface area (Å²) in [5.41, 5.74) is -3.62. The summed E-state index contributed by atoms with van der Waals surface area (Å²) in [6.07, 6.45) is -3.02. The number of halogens is 3. The molecule has 0 fully saturated rings. The minimum Gasteiger partial charge on any atom is -0.463 e. The minimum absolute atomic E-state index is 0.0607. The van der Waals surface area contributed by atoms with Crippen LogP contribution >= 0.6 is 0 Å². The zero-order chi connectivity index (χ0) is 20.8. The highest BCUT2D eigenvalue weighted by Crippen LogP contribution is 2.43. The molecule has 0 bridgehead atoms. The van der Waals surface area contributed by atoms with Crippen molar-refractivity contribution in [3.05, 3.63) is 23.3 Å². The van der Waals surface area contributed by atoms with Crippen LogP contribution in [0.4, 0.5) is 13.2 Å². The zero-order valence-corrected chi connectivity index (χ0v) is 15.4. The van der Waals surface area contributed by atoms with E-state index in [0.29, 0.717) is 0 Å². The molecule has 8 heteroatoms. The Morgan fingerprint density at radius 1 is 1.42 bits per heavy atom. The van der Waals surface area contributed by atoms with Crippen molar-refractivity contribution in [2.24, 2.45) is 5.41 Å². The van der Waals surface area contributed by atoms with E-state index in [1.165, 1.54) is 19.9 Å². The normalized spacial score (nSPS) is 22.3. The van der Waals surface area contributed by atoms with Gasteiger partial charge in [0.15, 0.2) is 5.60 Å². The monoisotopic (exact) mass is 375 g/mol. The Bertz CT molecular complexity index is 666. The van der Waals surface area contributed by atoms with Gasteiger partial charge in [0.2, 0.25) is 0 Å². The fourth-order valence-electron chi connectivity index (χ4n) is 2.47. The summed E-state index contributed by atoms with van der Waals surface area (Å²) >= 11 is 0. The van der Waals surface area contributed by atoms with Gasteiger partial charge in [-0.15, -0.1) is 0 Å². The lowest BCUT2D eigenvalue weighted by molar-refractivity contribution is -0.138. The average Bonchev–Trinajstić information content (AvgIpc) is 2.50. The topological polar surface area (TPSA) is 90.6 Å². The van der Waals surface area contributed by atoms with Gasteiger partial charge in [-0.3, -0.25) is 0 Å². The molecule has 5 nitrogen and oxygen atoms in total. The van der Waals surface area contributed by atoms with Gasteiger partial charge in [0.05, 0.1) is 6.61 Å². The number of alkyl halides is 3. The zero-order valence-electron chi connectivity index (χ0n) is 15.4. The lowest BCUT2D eigenvalue weighted by Crippen LogP contribution is -2.48. The first-order valence-electron chi connectivity index (χ1n) is 7.75. The van der Waals surface area contributed by atoms with Gasteiger partial charge in [-0.2, -0.15) is 13.2 Å². The number of carbonyl (C=O) groups is 1. The maximum absolute atomic E-state index is 13.0. The van der Waals surface area contributed by atoms with Crippen molar-refractivity contribution < 1.29 is 32.9 Å². The maximum atomic E-state index is 13.0. The third-order valence-electron chi connectivity index (χ3n) is 3.81. The smallest absolute Gasteiger partial charge is 0.424 e. The van der Waals surface area contributed by atoms with E-state index in [9.17, 15) is 23.1 Å². The van der Waals surface area contributed by atoms with Crippen LogP contribution < -0.4 is 0 Å². The van der Waals surface area contributed by atoms with Crippen molar-refractivity contribution in [2.45, 2.75) is 45.9 Å². The summed E-state index contributed by atoms with van der Waals surface area (Å²) in [5, 5.41) is 25.5. The molecule has 1 rings (SSSR count). The van der Waals surface area contributed by atoms with Crippen LogP contribution in [-0.4, -0.2) is 47.4 Å². The van der Waals surface area contributed by atoms with Gasteiger partial charge in [-0.25, -0.2) is 4.79 Å². The van der Waals surface area contributed by atoms with E-state index in [1.54, 1.807) is 13.8 Å². The van der Waals surface area contributed by atoms with Crippen LogP contribution in [0.2, 0.25) is 0 Å². The summed E-state index contributed by atoms with van der Waals surface area (Å²) in [6.45, 7) is 6.16. The first kappa shape index (κ1) is 23.9. The van der Waals surface area contributed by atoms with Crippen molar-refractivity contribution in [2.75, 3.05) is 13.7 Å². The van der Waals surface area contributed by atoms with E-state index >= 15 is 0 Å². The molecular weight excluding hydrogens is 351 g/mol. The number of allylic oxidation sites excluding steroid dienone is 2. The minimum atomic E-state index is -4.85. The number of hydrogen-bond donors (Lipinski definition) is 3. The van der Waals surface area contributed by atoms with Crippen molar-refractivity contribution in [1.29, 1.82) is 5.41 Å². The Kier molecular flexibility index (Phi) is 8.28. The van der Waals surface area contributed by atoms with Gasteiger partial charge >= 0.3 is 12.1 Å². The number of carbonyl (C=O) groups excluding carboxylic acids is 1. The van der Waals surface area contributed by atoms with Crippen LogP contribution in [0, 0.1) is 22.7 Å². The molecule has 0 spiro atoms. The van der Waals surface area contributed by atoms with E-state index < -0.39 is 28.7 Å². The summed E-state index contributed by atoms with van der Waals surface area (Å²) in [4.78, 5) is 11.3. The summed E-state index contributed by atoms with van der Waals surface area (Å²) in [7, 11) is 1.00. The first-order valence-corrected chi connectivity index (χ1v) is 7.75. The second kappa shape index (κ2) is 9.01. The molecule has 1 aliphatic carbocycles. The molecule has 0 amide bonds. The number of hydrogen-bond acceptors (Lipinski definition) is 5. The molecule has 1 aliphatic rings. The van der Waals surface area contributed by atoms with Gasteiger partial charge < -0.3 is 20.4 Å². The van der Waals surface area contributed by atoms with Crippen LogP contribution in [0.1, 0.15) is 34.1 Å². The van der Waals surface area contributed by atoms with E-state index in [4.69, 9.17) is 10.5 Å². The van der Waals surface area contributed by atoms with Crippen molar-refractivity contribution in [3.8, 4) is 11.8 Å². The highest BCUT2D eigenvalue weighted by molar-refractivity contribution is 5.95. The van der Waals surface area contributed by atoms with Gasteiger partial charge in [0.25, 0.3) is 0 Å². The van der Waals surface area contributed by atoms with Gasteiger partial charge in [-0.1, -0.05) is 25.7 Å². The average molecular weight is 375 g/mol. The number of esters is 1. The second-order valence-corrected chi connectivity index (χ2v) is 6.18. The molecule has 0 radical (unpaired) electrons.